The van der Waals surface area contributed by atoms with Crippen LogP contribution in [0.2, 0.25) is 0 Å². The first-order valence-electron chi connectivity index (χ1n) is 8.13. The van der Waals surface area contributed by atoms with Crippen LogP contribution in [0.25, 0.3) is 0 Å². The highest BCUT2D eigenvalue weighted by atomic mass is 32.2. The first-order valence-corrected chi connectivity index (χ1v) is 9.36. The SMILES string of the molecule is CSc1nc(=O)[nH]c(C)c1C(=O)N[C@H]1CCCCc2ccccc21. The van der Waals surface area contributed by atoms with Crippen LogP contribution >= 0.6 is 11.8 Å². The van der Waals surface area contributed by atoms with Gasteiger partial charge in [-0.25, -0.2) is 4.79 Å². The number of fused-ring (bicyclic) bond motifs is 1. The molecule has 1 atom stereocenters. The van der Waals surface area contributed by atoms with Crippen molar-refractivity contribution in [1.82, 2.24) is 15.3 Å². The van der Waals surface area contributed by atoms with E-state index in [1.54, 1.807) is 6.92 Å². The van der Waals surface area contributed by atoms with Gasteiger partial charge in [0, 0.05) is 5.69 Å². The first kappa shape index (κ1) is 16.8. The lowest BCUT2D eigenvalue weighted by Gasteiger charge is -2.20. The van der Waals surface area contributed by atoms with E-state index >= 15 is 0 Å². The molecule has 1 heterocycles. The summed E-state index contributed by atoms with van der Waals surface area (Å²) in [5.41, 5.74) is 3.10. The third-order valence-corrected chi connectivity index (χ3v) is 5.11. The summed E-state index contributed by atoms with van der Waals surface area (Å²) < 4.78 is 0. The van der Waals surface area contributed by atoms with Crippen LogP contribution in [0, 0.1) is 6.92 Å². The van der Waals surface area contributed by atoms with E-state index in [0.29, 0.717) is 16.3 Å². The number of nitrogens with one attached hydrogen (secondary N) is 2. The molecule has 24 heavy (non-hydrogen) atoms. The van der Waals surface area contributed by atoms with Crippen molar-refractivity contribution in [2.24, 2.45) is 0 Å². The van der Waals surface area contributed by atoms with Gasteiger partial charge in [-0.3, -0.25) is 4.79 Å². The van der Waals surface area contributed by atoms with Gasteiger partial charge in [0.15, 0.2) is 0 Å². The van der Waals surface area contributed by atoms with E-state index < -0.39 is 5.69 Å². The van der Waals surface area contributed by atoms with Crippen LogP contribution in [0.3, 0.4) is 0 Å². The highest BCUT2D eigenvalue weighted by Crippen LogP contribution is 2.29. The summed E-state index contributed by atoms with van der Waals surface area (Å²) in [6.07, 6.45) is 6.01. The van der Waals surface area contributed by atoms with Crippen molar-refractivity contribution in [3.8, 4) is 0 Å². The highest BCUT2D eigenvalue weighted by Gasteiger charge is 2.23. The maximum absolute atomic E-state index is 12.9. The number of carbonyl (C=O) groups excluding carboxylic acids is 1. The lowest BCUT2D eigenvalue weighted by Crippen LogP contribution is -2.31. The number of aryl methyl sites for hydroxylation is 2. The molecule has 0 spiro atoms. The van der Waals surface area contributed by atoms with Crippen LogP contribution in [-0.4, -0.2) is 22.1 Å². The summed E-state index contributed by atoms with van der Waals surface area (Å²) in [6, 6.07) is 8.30. The Hall–Kier alpha value is -2.08. The number of carbonyl (C=O) groups is 1. The molecule has 1 amide bonds. The molecule has 0 saturated carbocycles. The van der Waals surface area contributed by atoms with E-state index in [9.17, 15) is 9.59 Å². The Balaban J connectivity index is 1.92. The van der Waals surface area contributed by atoms with Crippen molar-refractivity contribution in [3.63, 3.8) is 0 Å². The molecule has 1 aliphatic rings. The van der Waals surface area contributed by atoms with Gasteiger partial charge in [-0.05, 0) is 43.6 Å². The summed E-state index contributed by atoms with van der Waals surface area (Å²) in [7, 11) is 0. The van der Waals surface area contributed by atoms with Gasteiger partial charge in [-0.15, -0.1) is 11.8 Å². The monoisotopic (exact) mass is 343 g/mol. The topological polar surface area (TPSA) is 74.8 Å². The fourth-order valence-corrected chi connectivity index (χ4v) is 3.90. The van der Waals surface area contributed by atoms with E-state index in [4.69, 9.17) is 0 Å². The predicted octanol–water partition coefficient (Wildman–Crippen LogP) is 3.00. The maximum atomic E-state index is 12.9. The molecule has 126 valence electrons. The molecule has 1 aromatic carbocycles. The maximum Gasteiger partial charge on any atom is 0.346 e. The van der Waals surface area contributed by atoms with E-state index in [1.165, 1.54) is 22.9 Å². The van der Waals surface area contributed by atoms with E-state index in [0.717, 1.165) is 25.7 Å². The van der Waals surface area contributed by atoms with Gasteiger partial charge in [-0.1, -0.05) is 30.7 Å². The normalized spacial score (nSPS) is 17.0. The third-order valence-electron chi connectivity index (χ3n) is 4.43. The van der Waals surface area contributed by atoms with Crippen molar-refractivity contribution in [2.75, 3.05) is 6.26 Å². The largest absolute Gasteiger partial charge is 0.346 e. The number of rotatable bonds is 3. The standard InChI is InChI=1S/C18H21N3O2S/c1-11-15(17(24-2)21-18(23)19-11)16(22)20-14-10-6-4-8-12-7-3-5-9-13(12)14/h3,5,7,9,14H,4,6,8,10H2,1-2H3,(H,20,22)(H,19,21,23)/t14-/m0/s1. The Morgan fingerprint density at radius 1 is 1.33 bits per heavy atom. The van der Waals surface area contributed by atoms with Gasteiger partial charge in [0.1, 0.15) is 5.03 Å². The molecule has 2 N–H and O–H groups in total. The molecule has 0 aliphatic heterocycles. The third kappa shape index (κ3) is 3.38. The van der Waals surface area contributed by atoms with E-state index in [1.807, 2.05) is 18.4 Å². The quantitative estimate of drug-likeness (QED) is 0.510. The Morgan fingerprint density at radius 2 is 2.12 bits per heavy atom. The van der Waals surface area contributed by atoms with Crippen molar-refractivity contribution in [3.05, 3.63) is 57.1 Å². The molecule has 0 bridgehead atoms. The number of amides is 1. The molecule has 1 aliphatic carbocycles. The zero-order chi connectivity index (χ0) is 17.1. The average Bonchev–Trinajstić information content (AvgIpc) is 2.76. The fraction of sp³-hybridized carbons (Fsp3) is 0.389. The fourth-order valence-electron chi connectivity index (χ4n) is 3.28. The van der Waals surface area contributed by atoms with E-state index in [-0.39, 0.29) is 11.9 Å². The molecule has 0 unspecified atom stereocenters. The second-order valence-corrected chi connectivity index (χ2v) is 6.82. The molecule has 6 heteroatoms. The Labute approximate surface area is 145 Å². The van der Waals surface area contributed by atoms with Gasteiger partial charge in [0.05, 0.1) is 11.6 Å². The molecule has 3 rings (SSSR count). The number of hydrogen-bond acceptors (Lipinski definition) is 4. The van der Waals surface area contributed by atoms with Crippen LogP contribution in [-0.2, 0) is 6.42 Å². The number of aromatic amines is 1. The van der Waals surface area contributed by atoms with Crippen LogP contribution in [0.1, 0.15) is 52.5 Å². The summed E-state index contributed by atoms with van der Waals surface area (Å²) in [6.45, 7) is 1.73. The summed E-state index contributed by atoms with van der Waals surface area (Å²) in [4.78, 5) is 30.9. The number of aromatic nitrogens is 2. The Kier molecular flexibility index (Phi) is 5.04. The average molecular weight is 343 g/mol. The molecular weight excluding hydrogens is 322 g/mol. The van der Waals surface area contributed by atoms with Gasteiger partial charge < -0.3 is 10.3 Å². The highest BCUT2D eigenvalue weighted by molar-refractivity contribution is 7.98. The number of thioether (sulfide) groups is 1. The van der Waals surface area contributed by atoms with Gasteiger partial charge >= 0.3 is 5.69 Å². The molecule has 0 fully saturated rings. The van der Waals surface area contributed by atoms with Crippen LogP contribution in [0.4, 0.5) is 0 Å². The Bertz CT molecular complexity index is 816. The smallest absolute Gasteiger partial charge is 0.345 e. The van der Waals surface area contributed by atoms with Crippen molar-refractivity contribution < 1.29 is 4.79 Å². The van der Waals surface area contributed by atoms with Crippen LogP contribution in [0.15, 0.2) is 34.1 Å². The minimum atomic E-state index is -0.423. The predicted molar refractivity (Wildman–Crippen MR) is 95.6 cm³/mol. The van der Waals surface area contributed by atoms with Crippen molar-refractivity contribution in [1.29, 1.82) is 0 Å². The van der Waals surface area contributed by atoms with Gasteiger partial charge in [-0.2, -0.15) is 4.98 Å². The van der Waals surface area contributed by atoms with Crippen LogP contribution in [0.5, 0.6) is 0 Å². The number of benzene rings is 1. The molecule has 1 aromatic heterocycles. The number of hydrogen-bond donors (Lipinski definition) is 2. The lowest BCUT2D eigenvalue weighted by molar-refractivity contribution is 0.0929. The Morgan fingerprint density at radius 3 is 2.92 bits per heavy atom. The second-order valence-electron chi connectivity index (χ2n) is 6.02. The van der Waals surface area contributed by atoms with Crippen molar-refractivity contribution >= 4 is 17.7 Å². The summed E-state index contributed by atoms with van der Waals surface area (Å²) in [5, 5.41) is 3.62. The minimum absolute atomic E-state index is 0.00256. The summed E-state index contributed by atoms with van der Waals surface area (Å²) >= 11 is 1.31. The zero-order valence-electron chi connectivity index (χ0n) is 13.9. The lowest BCUT2D eigenvalue weighted by atomic mass is 9.99. The summed E-state index contributed by atoms with van der Waals surface area (Å²) in [5.74, 6) is -0.178. The molecule has 2 aromatic rings. The second kappa shape index (κ2) is 7.21. The number of H-pyrrole nitrogens is 1. The molecule has 5 nitrogen and oxygen atoms in total. The first-order chi connectivity index (χ1) is 11.6. The van der Waals surface area contributed by atoms with E-state index in [2.05, 4.69) is 27.4 Å². The van der Waals surface area contributed by atoms with Crippen molar-refractivity contribution in [2.45, 2.75) is 43.7 Å². The van der Waals surface area contributed by atoms with Gasteiger partial charge in [0.25, 0.3) is 5.91 Å². The molecular formula is C18H21N3O2S. The van der Waals surface area contributed by atoms with Gasteiger partial charge in [0.2, 0.25) is 0 Å². The molecule has 0 saturated heterocycles. The van der Waals surface area contributed by atoms with Crippen LogP contribution < -0.4 is 11.0 Å². The zero-order valence-corrected chi connectivity index (χ0v) is 14.7. The molecule has 0 radical (unpaired) electrons. The minimum Gasteiger partial charge on any atom is -0.345 e. The number of nitrogens with zero attached hydrogens (tertiary/aromatic N) is 1.